The average molecular weight is 496 g/mol. The van der Waals surface area contributed by atoms with Crippen LogP contribution in [0.15, 0.2) is 13.2 Å². The van der Waals surface area contributed by atoms with Gasteiger partial charge in [0.1, 0.15) is 12.6 Å². The summed E-state index contributed by atoms with van der Waals surface area (Å²) >= 11 is 1.56. The van der Waals surface area contributed by atoms with Crippen LogP contribution in [0.4, 0.5) is 0 Å². The Kier molecular flexibility index (Phi) is 16.5. The monoisotopic (exact) mass is 495 g/mol. The highest BCUT2D eigenvalue weighted by molar-refractivity contribution is 7.98. The van der Waals surface area contributed by atoms with Gasteiger partial charge in [-0.2, -0.15) is 11.8 Å². The van der Waals surface area contributed by atoms with E-state index >= 15 is 0 Å². The molecule has 1 rings (SSSR count). The number of esters is 1. The molecule has 0 saturated carbocycles. The van der Waals surface area contributed by atoms with Crippen LogP contribution in [-0.2, 0) is 28.7 Å². The van der Waals surface area contributed by atoms with Crippen LogP contribution in [0.25, 0.3) is 0 Å². The summed E-state index contributed by atoms with van der Waals surface area (Å²) in [7, 11) is 1.20. The van der Waals surface area contributed by atoms with E-state index in [1.165, 1.54) is 7.11 Å². The molecule has 0 unspecified atom stereocenters. The zero-order valence-electron chi connectivity index (χ0n) is 19.7. The number of carbonyl (C=O) groups is 5. The summed E-state index contributed by atoms with van der Waals surface area (Å²) in [5, 5.41) is 9.95. The maximum atomic E-state index is 12.6. The number of nitrogens with zero attached hydrogens (tertiary/aromatic N) is 1. The highest BCUT2D eigenvalue weighted by Crippen LogP contribution is 2.17. The molecule has 0 radical (unpaired) electrons. The third-order valence-electron chi connectivity index (χ3n) is 4.84. The van der Waals surface area contributed by atoms with Crippen LogP contribution in [0.1, 0.15) is 31.9 Å². The third-order valence-corrected chi connectivity index (χ3v) is 5.49. The van der Waals surface area contributed by atoms with Gasteiger partial charge in [0.25, 0.3) is 0 Å². The molecule has 0 aromatic carbocycles. The van der Waals surface area contributed by atoms with Crippen molar-refractivity contribution in [3.63, 3.8) is 0 Å². The van der Waals surface area contributed by atoms with E-state index < -0.39 is 29.7 Å². The highest BCUT2D eigenvalue weighted by atomic mass is 32.2. The Hall–Kier alpha value is -2.60. The number of likely N-dealkylation sites (N-methyl/N-ethyl adjacent to an activating group) is 1. The lowest BCUT2D eigenvalue weighted by atomic mass is 10.1. The van der Waals surface area contributed by atoms with E-state index in [2.05, 4.69) is 44.1 Å². The van der Waals surface area contributed by atoms with Crippen molar-refractivity contribution in [2.24, 2.45) is 0 Å². The minimum absolute atomic E-state index is 0. The Bertz CT molecular complexity index is 681. The number of likely N-dealkylation sites (tertiary alicyclic amines) is 1. The van der Waals surface area contributed by atoms with Gasteiger partial charge >= 0.3 is 5.97 Å². The second-order valence-electron chi connectivity index (χ2n) is 6.98. The molecule has 0 bridgehead atoms. The van der Waals surface area contributed by atoms with Crippen molar-refractivity contribution >= 4 is 41.4 Å². The van der Waals surface area contributed by atoms with Crippen LogP contribution < -0.4 is 21.3 Å². The van der Waals surface area contributed by atoms with Gasteiger partial charge in [0, 0.05) is 5.71 Å². The quantitative estimate of drug-likeness (QED) is 0.207. The number of hydrogen-bond acceptors (Lipinski definition) is 8. The first-order chi connectivity index (χ1) is 15.8. The summed E-state index contributed by atoms with van der Waals surface area (Å²) in [6.07, 6.45) is 4.05. The number of amides is 4. The van der Waals surface area contributed by atoms with Crippen LogP contribution >= 0.6 is 11.8 Å². The van der Waals surface area contributed by atoms with Gasteiger partial charge in [0.15, 0.2) is 0 Å². The fourth-order valence-electron chi connectivity index (χ4n) is 3.11. The van der Waals surface area contributed by atoms with E-state index in [1.54, 1.807) is 11.8 Å². The van der Waals surface area contributed by atoms with Crippen molar-refractivity contribution in [3.05, 3.63) is 13.2 Å². The van der Waals surface area contributed by atoms with Gasteiger partial charge in [0.2, 0.25) is 23.6 Å². The van der Waals surface area contributed by atoms with Gasteiger partial charge in [-0.1, -0.05) is 6.92 Å². The molecule has 1 saturated heterocycles. The molecule has 0 aromatic heterocycles. The molecule has 33 heavy (non-hydrogen) atoms. The molecule has 12 heteroatoms. The van der Waals surface area contributed by atoms with Crippen molar-refractivity contribution in [2.45, 2.75) is 38.3 Å². The fourth-order valence-corrected chi connectivity index (χ4v) is 3.58. The number of nitrogens with one attached hydrogen (secondary N) is 4. The Morgan fingerprint density at radius 1 is 1.09 bits per heavy atom. The second-order valence-corrected chi connectivity index (χ2v) is 7.96. The Morgan fingerprint density at radius 2 is 1.70 bits per heavy atom. The van der Waals surface area contributed by atoms with E-state index in [4.69, 9.17) is 0 Å². The molecular formula is C21H45N5O6S. The molecule has 196 valence electrons. The van der Waals surface area contributed by atoms with Crippen molar-refractivity contribution in [2.75, 3.05) is 51.8 Å². The second kappa shape index (κ2) is 17.9. The molecule has 0 aromatic rings. The molecule has 4 amide bonds. The zero-order valence-corrected chi connectivity index (χ0v) is 20.6. The van der Waals surface area contributed by atoms with Crippen molar-refractivity contribution in [1.82, 2.24) is 26.2 Å². The lowest BCUT2D eigenvalue weighted by molar-refractivity contribution is -0.141. The van der Waals surface area contributed by atoms with Crippen molar-refractivity contribution in [1.29, 1.82) is 0 Å². The first-order valence-corrected chi connectivity index (χ1v) is 12.1. The van der Waals surface area contributed by atoms with E-state index in [0.717, 1.165) is 25.9 Å². The summed E-state index contributed by atoms with van der Waals surface area (Å²) in [5.41, 5.74) is 0. The summed E-state index contributed by atoms with van der Waals surface area (Å²) in [6.45, 7) is 8.66. The first kappa shape index (κ1) is 30.4. The predicted molar refractivity (Wildman–Crippen MR) is 136 cm³/mol. The third kappa shape index (κ3) is 12.3. The zero-order chi connectivity index (χ0) is 25.2. The Balaban J connectivity index is -0.000000554. The number of ether oxygens (including phenoxy) is 1. The molecule has 1 aliphatic rings. The topological polar surface area (TPSA) is 146 Å². The number of rotatable bonds is 13. The average Bonchev–Trinajstić information content (AvgIpc) is 3.32. The standard InChI is InChI=1S/C19H33N5O6S.C2H4.4H2/c1-4-24-8-5-6-14(24)19(29)23-13(7-9-31-3)18(28)22-11-16(26)20-10-15(25)21-12-17(27)30-2;1-2;;;;/h13-14H,4-12H2,1-3H3,(H,20,26)(H,21,25)(H,22,28)(H,23,29);1-2H2;4*1H/t13-,14-;;;;;/m0...../s1. The SMILES string of the molecule is C=C.CCN1CCC[C@H]1C(=O)N[C@@H](CCSC)C(=O)NCC(=O)NCC(=O)NCC(=O)OC.[HH].[HH].[HH].[HH]. The molecule has 2 atom stereocenters. The van der Waals surface area contributed by atoms with Crippen molar-refractivity contribution < 1.29 is 34.4 Å². The highest BCUT2D eigenvalue weighted by Gasteiger charge is 2.32. The van der Waals surface area contributed by atoms with Crippen LogP contribution in [-0.4, -0.2) is 98.4 Å². The molecule has 1 heterocycles. The molecule has 4 N–H and O–H groups in total. The summed E-state index contributed by atoms with van der Waals surface area (Å²) in [6, 6.07) is -0.975. The summed E-state index contributed by atoms with van der Waals surface area (Å²) in [4.78, 5) is 61.7. The number of thioether (sulfide) groups is 1. The Labute approximate surface area is 205 Å². The van der Waals surface area contributed by atoms with Gasteiger partial charge in [-0.05, 0) is 44.4 Å². The number of carbonyl (C=O) groups excluding carboxylic acids is 5. The van der Waals surface area contributed by atoms with Gasteiger partial charge in [0.05, 0.1) is 26.2 Å². The normalized spacial score (nSPS) is 15.9. The smallest absolute Gasteiger partial charge is 0.325 e. The van der Waals surface area contributed by atoms with Crippen LogP contribution in [0, 0.1) is 0 Å². The minimum Gasteiger partial charge on any atom is -0.468 e. The van der Waals surface area contributed by atoms with Crippen LogP contribution in [0.3, 0.4) is 0 Å². The van der Waals surface area contributed by atoms with E-state index in [-0.39, 0.29) is 37.3 Å². The molecule has 1 aliphatic heterocycles. The van der Waals surface area contributed by atoms with Gasteiger partial charge < -0.3 is 26.0 Å². The summed E-state index contributed by atoms with van der Waals surface area (Å²) in [5.74, 6) is -1.68. The lowest BCUT2D eigenvalue weighted by Crippen LogP contribution is -2.53. The van der Waals surface area contributed by atoms with Gasteiger partial charge in [-0.25, -0.2) is 0 Å². The van der Waals surface area contributed by atoms with E-state index in [1.807, 2.05) is 13.2 Å². The van der Waals surface area contributed by atoms with Gasteiger partial charge in [-0.3, -0.25) is 28.9 Å². The van der Waals surface area contributed by atoms with E-state index in [0.29, 0.717) is 12.2 Å². The van der Waals surface area contributed by atoms with Crippen LogP contribution in [0.5, 0.6) is 0 Å². The predicted octanol–water partition coefficient (Wildman–Crippen LogP) is 0.0164. The van der Waals surface area contributed by atoms with Crippen LogP contribution in [0.2, 0.25) is 0 Å². The molecule has 0 aliphatic carbocycles. The number of methoxy groups -OCH3 is 1. The molecule has 11 nitrogen and oxygen atoms in total. The molecular weight excluding hydrogens is 450 g/mol. The molecule has 0 spiro atoms. The number of hydrogen-bond donors (Lipinski definition) is 4. The lowest BCUT2D eigenvalue weighted by Gasteiger charge is -2.25. The maximum absolute atomic E-state index is 12.6. The fraction of sp³-hybridized carbons (Fsp3) is 0.667. The Morgan fingerprint density at radius 3 is 2.27 bits per heavy atom. The van der Waals surface area contributed by atoms with Crippen molar-refractivity contribution in [3.8, 4) is 0 Å². The maximum Gasteiger partial charge on any atom is 0.325 e. The largest absolute Gasteiger partial charge is 0.468 e. The summed E-state index contributed by atoms with van der Waals surface area (Å²) < 4.78 is 4.39. The van der Waals surface area contributed by atoms with E-state index in [9.17, 15) is 24.0 Å². The minimum atomic E-state index is -0.740. The first-order valence-electron chi connectivity index (χ1n) is 10.7. The van der Waals surface area contributed by atoms with Gasteiger partial charge in [-0.15, -0.1) is 13.2 Å². The molecule has 1 fully saturated rings.